The van der Waals surface area contributed by atoms with Gasteiger partial charge in [0.1, 0.15) is 0 Å². The van der Waals surface area contributed by atoms with Crippen molar-refractivity contribution in [3.05, 3.63) is 21.9 Å². The second-order valence-corrected chi connectivity index (χ2v) is 7.91. The maximum Gasteiger partial charge on any atom is 0.0116 e. The van der Waals surface area contributed by atoms with Gasteiger partial charge >= 0.3 is 0 Å². The molecule has 0 amide bonds. The van der Waals surface area contributed by atoms with E-state index in [1.165, 1.54) is 29.0 Å². The van der Waals surface area contributed by atoms with E-state index < -0.39 is 0 Å². The smallest absolute Gasteiger partial charge is 0.0116 e. The third kappa shape index (κ3) is 2.92. The molecule has 3 atom stereocenters. The fraction of sp³-hybridized carbons (Fsp3) is 0.733. The molecule has 0 bridgehead atoms. The molecule has 96 valence electrons. The van der Waals surface area contributed by atoms with Gasteiger partial charge in [0.25, 0.3) is 0 Å². The molecular weight excluding hydrogens is 226 g/mol. The third-order valence-electron chi connectivity index (χ3n) is 4.26. The number of thiophene rings is 1. The summed E-state index contributed by atoms with van der Waals surface area (Å²) < 4.78 is 0. The predicted molar refractivity (Wildman–Crippen MR) is 76.6 cm³/mol. The fourth-order valence-corrected chi connectivity index (χ4v) is 4.03. The molecule has 0 aliphatic heterocycles. The molecule has 1 aliphatic carbocycles. The molecule has 1 saturated carbocycles. The van der Waals surface area contributed by atoms with Crippen molar-refractivity contribution in [3.63, 3.8) is 0 Å². The highest BCUT2D eigenvalue weighted by Gasteiger charge is 2.35. The van der Waals surface area contributed by atoms with Crippen LogP contribution in [0.25, 0.3) is 0 Å². The zero-order chi connectivity index (χ0) is 12.6. The van der Waals surface area contributed by atoms with Crippen LogP contribution >= 0.6 is 11.3 Å². The summed E-state index contributed by atoms with van der Waals surface area (Å²) in [5.41, 5.74) is 6.75. The first-order chi connectivity index (χ1) is 7.88. The van der Waals surface area contributed by atoms with Crippen LogP contribution in [0.4, 0.5) is 0 Å². The Labute approximate surface area is 109 Å². The minimum Gasteiger partial charge on any atom is -0.327 e. The van der Waals surface area contributed by atoms with E-state index in [2.05, 4.69) is 39.8 Å². The lowest BCUT2D eigenvalue weighted by Crippen LogP contribution is -2.37. The van der Waals surface area contributed by atoms with Crippen molar-refractivity contribution in [3.8, 4) is 0 Å². The SMILES string of the molecule is Cc1ccc(C2CC(C(C)(C)C)CCC2N)s1. The lowest BCUT2D eigenvalue weighted by molar-refractivity contribution is 0.155. The van der Waals surface area contributed by atoms with E-state index in [0.717, 1.165) is 5.92 Å². The van der Waals surface area contributed by atoms with E-state index in [1.807, 2.05) is 11.3 Å². The number of aryl methyl sites for hydroxylation is 1. The summed E-state index contributed by atoms with van der Waals surface area (Å²) in [6.45, 7) is 9.28. The molecule has 17 heavy (non-hydrogen) atoms. The van der Waals surface area contributed by atoms with Gasteiger partial charge in [-0.25, -0.2) is 0 Å². The molecule has 2 rings (SSSR count). The molecule has 1 aliphatic rings. The van der Waals surface area contributed by atoms with Crippen LogP contribution in [0.15, 0.2) is 12.1 Å². The average Bonchev–Trinajstić information content (AvgIpc) is 2.63. The molecule has 2 heteroatoms. The van der Waals surface area contributed by atoms with Gasteiger partial charge in [0, 0.05) is 21.7 Å². The third-order valence-corrected chi connectivity index (χ3v) is 5.39. The van der Waals surface area contributed by atoms with Crippen LogP contribution in [0, 0.1) is 18.3 Å². The number of rotatable bonds is 1. The second kappa shape index (κ2) is 4.74. The van der Waals surface area contributed by atoms with E-state index in [-0.39, 0.29) is 0 Å². The zero-order valence-corrected chi connectivity index (χ0v) is 12.3. The maximum absolute atomic E-state index is 6.33. The Balaban J connectivity index is 2.15. The molecule has 1 aromatic heterocycles. The Morgan fingerprint density at radius 2 is 1.94 bits per heavy atom. The summed E-state index contributed by atoms with van der Waals surface area (Å²) in [7, 11) is 0. The van der Waals surface area contributed by atoms with Crippen molar-refractivity contribution >= 4 is 11.3 Å². The molecule has 2 N–H and O–H groups in total. The van der Waals surface area contributed by atoms with Crippen molar-refractivity contribution in [2.45, 2.75) is 58.9 Å². The van der Waals surface area contributed by atoms with Gasteiger partial charge in [-0.15, -0.1) is 11.3 Å². The average molecular weight is 251 g/mol. The lowest BCUT2D eigenvalue weighted by atomic mass is 9.67. The Morgan fingerprint density at radius 3 is 2.47 bits per heavy atom. The zero-order valence-electron chi connectivity index (χ0n) is 11.5. The first-order valence-electron chi connectivity index (χ1n) is 6.70. The number of hydrogen-bond acceptors (Lipinski definition) is 2. The molecule has 0 aromatic carbocycles. The second-order valence-electron chi connectivity index (χ2n) is 6.59. The molecule has 1 nitrogen and oxygen atoms in total. The van der Waals surface area contributed by atoms with Gasteiger partial charge in [-0.3, -0.25) is 0 Å². The van der Waals surface area contributed by atoms with Crippen LogP contribution < -0.4 is 5.73 Å². The maximum atomic E-state index is 6.33. The minimum atomic E-state index is 0.367. The Hall–Kier alpha value is -0.340. The monoisotopic (exact) mass is 251 g/mol. The summed E-state index contributed by atoms with van der Waals surface area (Å²) in [4.78, 5) is 2.91. The van der Waals surface area contributed by atoms with Gasteiger partial charge in [0.05, 0.1) is 0 Å². The highest BCUT2D eigenvalue weighted by molar-refractivity contribution is 7.12. The van der Waals surface area contributed by atoms with E-state index in [0.29, 0.717) is 17.4 Å². The topological polar surface area (TPSA) is 26.0 Å². The Bertz CT molecular complexity index is 375. The van der Waals surface area contributed by atoms with E-state index in [9.17, 15) is 0 Å². The van der Waals surface area contributed by atoms with Crippen molar-refractivity contribution < 1.29 is 0 Å². The first-order valence-corrected chi connectivity index (χ1v) is 7.51. The van der Waals surface area contributed by atoms with Gasteiger partial charge in [-0.05, 0) is 49.7 Å². The summed E-state index contributed by atoms with van der Waals surface area (Å²) in [6, 6.07) is 4.88. The highest BCUT2D eigenvalue weighted by Crippen LogP contribution is 2.44. The largest absolute Gasteiger partial charge is 0.327 e. The molecule has 0 spiro atoms. The van der Waals surface area contributed by atoms with Crippen LogP contribution in [-0.4, -0.2) is 6.04 Å². The predicted octanol–water partition coefficient (Wildman–Crippen LogP) is 4.31. The molecule has 1 aromatic rings. The van der Waals surface area contributed by atoms with Crippen LogP contribution in [0.5, 0.6) is 0 Å². The van der Waals surface area contributed by atoms with E-state index >= 15 is 0 Å². The molecule has 0 radical (unpaired) electrons. The minimum absolute atomic E-state index is 0.367. The normalized spacial score (nSPS) is 30.5. The molecule has 1 heterocycles. The standard InChI is InChI=1S/C15H25NS/c1-10-5-8-14(17-10)12-9-11(15(2,3)4)6-7-13(12)16/h5,8,11-13H,6-7,9,16H2,1-4H3. The first kappa shape index (κ1) is 13.1. The van der Waals surface area contributed by atoms with Gasteiger partial charge in [0.2, 0.25) is 0 Å². The Morgan fingerprint density at radius 1 is 1.24 bits per heavy atom. The van der Waals surface area contributed by atoms with Crippen LogP contribution in [0.1, 0.15) is 55.7 Å². The summed E-state index contributed by atoms with van der Waals surface area (Å²) >= 11 is 1.93. The summed E-state index contributed by atoms with van der Waals surface area (Å²) in [5, 5.41) is 0. The van der Waals surface area contributed by atoms with E-state index in [4.69, 9.17) is 5.73 Å². The van der Waals surface area contributed by atoms with Crippen molar-refractivity contribution in [2.75, 3.05) is 0 Å². The van der Waals surface area contributed by atoms with Crippen molar-refractivity contribution in [1.82, 2.24) is 0 Å². The molecule has 3 unspecified atom stereocenters. The van der Waals surface area contributed by atoms with Gasteiger partial charge < -0.3 is 5.73 Å². The van der Waals surface area contributed by atoms with Crippen molar-refractivity contribution in [2.24, 2.45) is 17.1 Å². The molecular formula is C15H25NS. The van der Waals surface area contributed by atoms with Gasteiger partial charge in [0.15, 0.2) is 0 Å². The quantitative estimate of drug-likeness (QED) is 0.790. The van der Waals surface area contributed by atoms with Crippen LogP contribution in [-0.2, 0) is 0 Å². The van der Waals surface area contributed by atoms with Crippen molar-refractivity contribution in [1.29, 1.82) is 0 Å². The Kier molecular flexibility index (Phi) is 3.65. The molecule has 1 fully saturated rings. The summed E-state index contributed by atoms with van der Waals surface area (Å²) in [5.74, 6) is 1.40. The number of hydrogen-bond donors (Lipinski definition) is 1. The van der Waals surface area contributed by atoms with E-state index in [1.54, 1.807) is 0 Å². The van der Waals surface area contributed by atoms with Crippen LogP contribution in [0.3, 0.4) is 0 Å². The lowest BCUT2D eigenvalue weighted by Gasteiger charge is -2.40. The summed E-state index contributed by atoms with van der Waals surface area (Å²) in [6.07, 6.45) is 3.75. The van der Waals surface area contributed by atoms with Gasteiger partial charge in [-0.2, -0.15) is 0 Å². The number of nitrogens with two attached hydrogens (primary N) is 1. The van der Waals surface area contributed by atoms with Crippen LogP contribution in [0.2, 0.25) is 0 Å². The highest BCUT2D eigenvalue weighted by atomic mass is 32.1. The molecule has 0 saturated heterocycles. The fourth-order valence-electron chi connectivity index (χ4n) is 2.96. The van der Waals surface area contributed by atoms with Gasteiger partial charge in [-0.1, -0.05) is 20.8 Å².